The van der Waals surface area contributed by atoms with Gasteiger partial charge in [-0.1, -0.05) is 0 Å². The first-order valence-corrected chi connectivity index (χ1v) is 4.39. The van der Waals surface area contributed by atoms with Crippen molar-refractivity contribution in [2.75, 3.05) is 6.61 Å². The second kappa shape index (κ2) is 3.64. The number of hydrogen-bond acceptors (Lipinski definition) is 4. The van der Waals surface area contributed by atoms with Crippen LogP contribution in [0, 0.1) is 5.82 Å². The van der Waals surface area contributed by atoms with E-state index in [2.05, 4.69) is 15.4 Å². The van der Waals surface area contributed by atoms with E-state index in [0.717, 1.165) is 6.07 Å². The number of nitrogens with one attached hydrogen (secondary N) is 1. The average Bonchev–Trinajstić information content (AvgIpc) is 2.63. The lowest BCUT2D eigenvalue weighted by atomic mass is 10.2. The number of ether oxygens (including phenoxy) is 1. The van der Waals surface area contributed by atoms with E-state index in [9.17, 15) is 9.18 Å². The van der Waals surface area contributed by atoms with Gasteiger partial charge in [-0.3, -0.25) is 0 Å². The van der Waals surface area contributed by atoms with Gasteiger partial charge in [0.15, 0.2) is 0 Å². The summed E-state index contributed by atoms with van der Waals surface area (Å²) in [5.41, 5.74) is 0.679. The molecule has 5 nitrogen and oxygen atoms in total. The number of aromatic nitrogens is 3. The van der Waals surface area contributed by atoms with Crippen LogP contribution in [0.25, 0.3) is 11.0 Å². The van der Waals surface area contributed by atoms with Crippen LogP contribution in [-0.4, -0.2) is 28.0 Å². The third kappa shape index (κ3) is 1.65. The highest BCUT2D eigenvalue weighted by atomic mass is 19.1. The Kier molecular flexibility index (Phi) is 2.32. The van der Waals surface area contributed by atoms with Gasteiger partial charge in [0.1, 0.15) is 16.9 Å². The molecule has 1 aromatic heterocycles. The highest BCUT2D eigenvalue weighted by molar-refractivity contribution is 5.93. The molecular weight excluding hydrogens is 201 g/mol. The molecular formula is C9H8FN3O2. The van der Waals surface area contributed by atoms with E-state index in [1.165, 1.54) is 6.07 Å². The zero-order chi connectivity index (χ0) is 10.8. The zero-order valence-corrected chi connectivity index (χ0v) is 7.95. The molecule has 0 atom stereocenters. The molecule has 1 aromatic carbocycles. The van der Waals surface area contributed by atoms with Crippen LogP contribution in [0.3, 0.4) is 0 Å². The van der Waals surface area contributed by atoms with Gasteiger partial charge in [-0.2, -0.15) is 15.4 Å². The van der Waals surface area contributed by atoms with E-state index >= 15 is 0 Å². The minimum Gasteiger partial charge on any atom is -0.462 e. The minimum atomic E-state index is -0.695. The summed E-state index contributed by atoms with van der Waals surface area (Å²) < 4.78 is 18.1. The molecule has 6 heteroatoms. The average molecular weight is 209 g/mol. The van der Waals surface area contributed by atoms with Gasteiger partial charge in [-0.05, 0) is 13.0 Å². The number of rotatable bonds is 2. The number of carbonyl (C=O) groups is 1. The second-order valence-corrected chi connectivity index (χ2v) is 2.86. The predicted octanol–water partition coefficient (Wildman–Crippen LogP) is 1.27. The molecule has 0 unspecified atom stereocenters. The van der Waals surface area contributed by atoms with Crippen molar-refractivity contribution in [3.05, 3.63) is 23.5 Å². The third-order valence-electron chi connectivity index (χ3n) is 1.90. The fourth-order valence-electron chi connectivity index (χ4n) is 1.23. The number of hydrogen-bond donors (Lipinski definition) is 1. The Balaban J connectivity index is 2.50. The van der Waals surface area contributed by atoms with E-state index in [-0.39, 0.29) is 12.2 Å². The third-order valence-corrected chi connectivity index (χ3v) is 1.90. The topological polar surface area (TPSA) is 67.9 Å². The van der Waals surface area contributed by atoms with E-state index in [1.807, 2.05) is 0 Å². The van der Waals surface area contributed by atoms with Crippen molar-refractivity contribution in [3.63, 3.8) is 0 Å². The monoisotopic (exact) mass is 209 g/mol. The highest BCUT2D eigenvalue weighted by Crippen LogP contribution is 2.16. The van der Waals surface area contributed by atoms with Crippen LogP contribution in [0.5, 0.6) is 0 Å². The van der Waals surface area contributed by atoms with Crippen LogP contribution < -0.4 is 0 Å². The van der Waals surface area contributed by atoms with Crippen molar-refractivity contribution in [3.8, 4) is 0 Å². The van der Waals surface area contributed by atoms with Crippen LogP contribution >= 0.6 is 0 Å². The van der Waals surface area contributed by atoms with Gasteiger partial charge in [0.05, 0.1) is 12.2 Å². The largest absolute Gasteiger partial charge is 0.462 e. The fourth-order valence-corrected chi connectivity index (χ4v) is 1.23. The summed E-state index contributed by atoms with van der Waals surface area (Å²) in [6, 6.07) is 2.46. The van der Waals surface area contributed by atoms with Gasteiger partial charge < -0.3 is 4.74 Å². The number of halogens is 1. The predicted molar refractivity (Wildman–Crippen MR) is 49.8 cm³/mol. The lowest BCUT2D eigenvalue weighted by Crippen LogP contribution is -2.07. The smallest absolute Gasteiger partial charge is 0.341 e. The molecule has 2 aromatic rings. The maximum atomic E-state index is 13.4. The van der Waals surface area contributed by atoms with Gasteiger partial charge in [0, 0.05) is 6.07 Å². The molecule has 0 spiro atoms. The molecule has 1 N–H and O–H groups in total. The van der Waals surface area contributed by atoms with Gasteiger partial charge in [0.2, 0.25) is 0 Å². The molecule has 0 saturated carbocycles. The Morgan fingerprint density at radius 2 is 2.13 bits per heavy atom. The van der Waals surface area contributed by atoms with Crippen LogP contribution in [0.4, 0.5) is 4.39 Å². The van der Waals surface area contributed by atoms with Crippen molar-refractivity contribution < 1.29 is 13.9 Å². The Morgan fingerprint density at radius 3 is 2.80 bits per heavy atom. The second-order valence-electron chi connectivity index (χ2n) is 2.86. The van der Waals surface area contributed by atoms with Crippen molar-refractivity contribution in [1.29, 1.82) is 0 Å². The molecule has 78 valence electrons. The molecule has 2 rings (SSSR count). The van der Waals surface area contributed by atoms with E-state index in [0.29, 0.717) is 11.0 Å². The number of H-pyrrole nitrogens is 1. The zero-order valence-electron chi connectivity index (χ0n) is 7.95. The summed E-state index contributed by atoms with van der Waals surface area (Å²) in [7, 11) is 0. The molecule has 0 aliphatic rings. The number of aromatic amines is 1. The molecule has 0 aliphatic heterocycles. The van der Waals surface area contributed by atoms with E-state index < -0.39 is 11.8 Å². The lowest BCUT2D eigenvalue weighted by Gasteiger charge is -2.02. The maximum Gasteiger partial charge on any atom is 0.341 e. The van der Waals surface area contributed by atoms with E-state index in [4.69, 9.17) is 4.74 Å². The SMILES string of the molecule is CCOC(=O)c1cc2n[nH]nc2cc1F. The Bertz CT molecular complexity index is 509. The van der Waals surface area contributed by atoms with Gasteiger partial charge in [0.25, 0.3) is 0 Å². The van der Waals surface area contributed by atoms with Crippen molar-refractivity contribution in [2.24, 2.45) is 0 Å². The van der Waals surface area contributed by atoms with Crippen molar-refractivity contribution in [2.45, 2.75) is 6.92 Å². The summed E-state index contributed by atoms with van der Waals surface area (Å²) in [5, 5.41) is 9.79. The molecule has 0 fully saturated rings. The Labute approximate surface area is 84.2 Å². The van der Waals surface area contributed by atoms with Crippen LogP contribution in [0.2, 0.25) is 0 Å². The van der Waals surface area contributed by atoms with Crippen molar-refractivity contribution >= 4 is 17.0 Å². The number of carbonyl (C=O) groups excluding carboxylic acids is 1. The summed E-state index contributed by atoms with van der Waals surface area (Å²) >= 11 is 0. The number of benzene rings is 1. The van der Waals surface area contributed by atoms with Crippen molar-refractivity contribution in [1.82, 2.24) is 15.4 Å². The lowest BCUT2D eigenvalue weighted by molar-refractivity contribution is 0.0521. The number of esters is 1. The normalized spacial score (nSPS) is 10.5. The number of nitrogens with zero attached hydrogens (tertiary/aromatic N) is 2. The van der Waals surface area contributed by atoms with Crippen LogP contribution in [0.15, 0.2) is 12.1 Å². The molecule has 15 heavy (non-hydrogen) atoms. The molecule has 0 saturated heterocycles. The quantitative estimate of drug-likeness (QED) is 0.756. The Morgan fingerprint density at radius 1 is 1.47 bits per heavy atom. The summed E-state index contributed by atoms with van der Waals surface area (Å²) in [6.07, 6.45) is 0. The summed E-state index contributed by atoms with van der Waals surface area (Å²) in [4.78, 5) is 11.3. The molecule has 0 amide bonds. The highest BCUT2D eigenvalue weighted by Gasteiger charge is 2.15. The van der Waals surface area contributed by atoms with Crippen LogP contribution in [-0.2, 0) is 4.74 Å². The molecule has 0 aliphatic carbocycles. The first-order valence-electron chi connectivity index (χ1n) is 4.39. The molecule has 1 heterocycles. The molecule has 0 bridgehead atoms. The first-order chi connectivity index (χ1) is 7.22. The van der Waals surface area contributed by atoms with E-state index in [1.54, 1.807) is 6.92 Å². The van der Waals surface area contributed by atoms with Gasteiger partial charge in [-0.25, -0.2) is 9.18 Å². The Hall–Kier alpha value is -1.98. The van der Waals surface area contributed by atoms with Gasteiger partial charge >= 0.3 is 5.97 Å². The minimum absolute atomic E-state index is 0.127. The van der Waals surface area contributed by atoms with Crippen LogP contribution in [0.1, 0.15) is 17.3 Å². The maximum absolute atomic E-state index is 13.4. The summed E-state index contributed by atoms with van der Waals surface area (Å²) in [6.45, 7) is 1.86. The molecule has 0 radical (unpaired) electrons. The number of fused-ring (bicyclic) bond motifs is 1. The standard InChI is InChI=1S/C9H8FN3O2/c1-2-15-9(14)5-3-7-8(4-6(5)10)12-13-11-7/h3-4H,2H2,1H3,(H,11,12,13). The fraction of sp³-hybridized carbons (Fsp3) is 0.222. The first kappa shape index (κ1) is 9.57. The van der Waals surface area contributed by atoms with Gasteiger partial charge in [-0.15, -0.1) is 0 Å². The summed E-state index contributed by atoms with van der Waals surface area (Å²) in [5.74, 6) is -1.35.